The molecule has 1 aliphatic heterocycles. The van der Waals surface area contributed by atoms with Gasteiger partial charge in [-0.2, -0.15) is 0 Å². The van der Waals surface area contributed by atoms with Crippen molar-refractivity contribution in [3.63, 3.8) is 0 Å². The number of hydrogen-bond acceptors (Lipinski definition) is 5. The monoisotopic (exact) mass is 418 g/mol. The van der Waals surface area contributed by atoms with E-state index in [-0.39, 0.29) is 11.8 Å². The summed E-state index contributed by atoms with van der Waals surface area (Å²) in [6, 6.07) is 17.9. The molecular formula is C24H22N2O5. The molecule has 0 saturated heterocycles. The van der Waals surface area contributed by atoms with Gasteiger partial charge in [-0.1, -0.05) is 18.2 Å². The molecule has 0 saturated carbocycles. The van der Waals surface area contributed by atoms with Crippen LogP contribution in [0.2, 0.25) is 0 Å². The minimum Gasteiger partial charge on any atom is -0.493 e. The van der Waals surface area contributed by atoms with E-state index in [0.29, 0.717) is 35.0 Å². The Hall–Kier alpha value is -4.00. The van der Waals surface area contributed by atoms with Crippen LogP contribution in [0.3, 0.4) is 0 Å². The molecule has 0 aromatic heterocycles. The topological polar surface area (TPSA) is 77.1 Å². The summed E-state index contributed by atoms with van der Waals surface area (Å²) in [7, 11) is 4.50. The molecule has 3 aromatic carbocycles. The van der Waals surface area contributed by atoms with Crippen molar-refractivity contribution in [3.8, 4) is 17.2 Å². The molecule has 0 fully saturated rings. The lowest BCUT2D eigenvalue weighted by Gasteiger charge is -2.17. The normalized spacial score (nSPS) is 12.4. The van der Waals surface area contributed by atoms with Crippen molar-refractivity contribution in [1.82, 2.24) is 0 Å². The summed E-state index contributed by atoms with van der Waals surface area (Å²) >= 11 is 0. The van der Waals surface area contributed by atoms with Gasteiger partial charge in [0.05, 0.1) is 27.9 Å². The second-order valence-electron chi connectivity index (χ2n) is 6.96. The number of nitrogens with zero attached hydrogens (tertiary/aromatic N) is 1. The molecule has 0 radical (unpaired) electrons. The first-order valence-corrected chi connectivity index (χ1v) is 9.67. The van der Waals surface area contributed by atoms with E-state index in [2.05, 4.69) is 5.32 Å². The van der Waals surface area contributed by atoms with Gasteiger partial charge in [0.25, 0.3) is 11.8 Å². The van der Waals surface area contributed by atoms with Gasteiger partial charge in [-0.05, 0) is 48.0 Å². The first-order valence-electron chi connectivity index (χ1n) is 9.67. The predicted molar refractivity (Wildman–Crippen MR) is 117 cm³/mol. The second-order valence-corrected chi connectivity index (χ2v) is 6.96. The third-order valence-electron chi connectivity index (χ3n) is 5.19. The van der Waals surface area contributed by atoms with Gasteiger partial charge in [-0.15, -0.1) is 0 Å². The number of hydrogen-bond donors (Lipinski definition) is 1. The van der Waals surface area contributed by atoms with Crippen molar-refractivity contribution < 1.29 is 23.8 Å². The van der Waals surface area contributed by atoms with Crippen LogP contribution in [0.4, 0.5) is 11.4 Å². The molecule has 0 bridgehead atoms. The van der Waals surface area contributed by atoms with Gasteiger partial charge in [0.2, 0.25) is 5.75 Å². The van der Waals surface area contributed by atoms with Crippen LogP contribution in [0.1, 0.15) is 26.3 Å². The molecule has 2 amide bonds. The lowest BCUT2D eigenvalue weighted by Crippen LogP contribution is -2.22. The van der Waals surface area contributed by atoms with E-state index in [1.807, 2.05) is 36.4 Å². The second kappa shape index (κ2) is 8.39. The van der Waals surface area contributed by atoms with Gasteiger partial charge in [-0.25, -0.2) is 0 Å². The van der Waals surface area contributed by atoms with Crippen molar-refractivity contribution in [2.45, 2.75) is 6.54 Å². The summed E-state index contributed by atoms with van der Waals surface area (Å²) in [5.74, 6) is 0.868. The highest BCUT2D eigenvalue weighted by Gasteiger charge is 2.27. The van der Waals surface area contributed by atoms with E-state index in [0.717, 1.165) is 16.8 Å². The fraction of sp³-hybridized carbons (Fsp3) is 0.167. The Kier molecular flexibility index (Phi) is 5.49. The zero-order chi connectivity index (χ0) is 22.0. The first-order chi connectivity index (χ1) is 15.0. The van der Waals surface area contributed by atoms with Crippen molar-refractivity contribution >= 4 is 23.2 Å². The summed E-state index contributed by atoms with van der Waals surface area (Å²) in [6.45, 7) is 0.534. The molecule has 0 atom stereocenters. The Labute approximate surface area is 180 Å². The van der Waals surface area contributed by atoms with Crippen molar-refractivity contribution in [2.24, 2.45) is 0 Å². The molecule has 7 nitrogen and oxygen atoms in total. The Morgan fingerprint density at radius 2 is 1.55 bits per heavy atom. The highest BCUT2D eigenvalue weighted by atomic mass is 16.5. The SMILES string of the molecule is COc1cc(C(=O)Nc2ccc(N3Cc4ccccc4C3=O)cc2)cc(OC)c1OC. The van der Waals surface area contributed by atoms with Crippen molar-refractivity contribution in [2.75, 3.05) is 31.5 Å². The molecule has 31 heavy (non-hydrogen) atoms. The fourth-order valence-electron chi connectivity index (χ4n) is 3.60. The fourth-order valence-corrected chi connectivity index (χ4v) is 3.60. The Morgan fingerprint density at radius 1 is 0.903 bits per heavy atom. The van der Waals surface area contributed by atoms with E-state index in [1.165, 1.54) is 21.3 Å². The summed E-state index contributed by atoms with van der Waals surface area (Å²) < 4.78 is 15.9. The number of carbonyl (C=O) groups is 2. The van der Waals surface area contributed by atoms with Gasteiger partial charge in [-0.3, -0.25) is 9.59 Å². The molecule has 1 heterocycles. The van der Waals surface area contributed by atoms with Crippen LogP contribution < -0.4 is 24.4 Å². The number of ether oxygens (including phenoxy) is 3. The first kappa shape index (κ1) is 20.3. The number of nitrogens with one attached hydrogen (secondary N) is 1. The molecule has 0 unspecified atom stereocenters. The highest BCUT2D eigenvalue weighted by molar-refractivity contribution is 6.10. The minimum atomic E-state index is -0.323. The van der Waals surface area contributed by atoms with Crippen LogP contribution >= 0.6 is 0 Å². The quantitative estimate of drug-likeness (QED) is 0.652. The van der Waals surface area contributed by atoms with E-state index < -0.39 is 0 Å². The van der Waals surface area contributed by atoms with Crippen LogP contribution in [0, 0.1) is 0 Å². The van der Waals surface area contributed by atoms with Crippen LogP contribution in [0.15, 0.2) is 60.7 Å². The summed E-state index contributed by atoms with van der Waals surface area (Å²) in [5, 5.41) is 2.85. The number of fused-ring (bicyclic) bond motifs is 1. The largest absolute Gasteiger partial charge is 0.493 e. The Balaban J connectivity index is 1.51. The number of anilines is 2. The Bertz CT molecular complexity index is 1120. The lowest BCUT2D eigenvalue weighted by atomic mass is 10.1. The zero-order valence-electron chi connectivity index (χ0n) is 17.5. The lowest BCUT2D eigenvalue weighted by molar-refractivity contribution is 0.0994. The van der Waals surface area contributed by atoms with Gasteiger partial charge in [0, 0.05) is 22.5 Å². The summed E-state index contributed by atoms with van der Waals surface area (Å²) in [6.07, 6.45) is 0. The molecule has 158 valence electrons. The molecule has 0 aliphatic carbocycles. The number of carbonyl (C=O) groups excluding carboxylic acids is 2. The van der Waals surface area contributed by atoms with E-state index in [4.69, 9.17) is 14.2 Å². The van der Waals surface area contributed by atoms with Crippen LogP contribution in [-0.2, 0) is 6.54 Å². The standard InChI is InChI=1S/C24H22N2O5/c1-29-20-12-16(13-21(30-2)22(20)31-3)23(27)25-17-8-10-18(11-9-17)26-14-15-6-4-5-7-19(15)24(26)28/h4-13H,14H2,1-3H3,(H,25,27). The minimum absolute atomic E-state index is 0.0233. The van der Waals surface area contributed by atoms with Crippen LogP contribution in [0.25, 0.3) is 0 Å². The van der Waals surface area contributed by atoms with Gasteiger partial charge in [0.1, 0.15) is 0 Å². The van der Waals surface area contributed by atoms with Gasteiger partial charge < -0.3 is 24.4 Å². The predicted octanol–water partition coefficient (Wildman–Crippen LogP) is 4.13. The van der Waals surface area contributed by atoms with Crippen molar-refractivity contribution in [3.05, 3.63) is 77.4 Å². The third kappa shape index (κ3) is 3.77. The number of methoxy groups -OCH3 is 3. The highest BCUT2D eigenvalue weighted by Crippen LogP contribution is 2.38. The number of benzene rings is 3. The molecule has 1 N–H and O–H groups in total. The Morgan fingerprint density at radius 3 is 2.13 bits per heavy atom. The maximum atomic E-state index is 12.8. The number of amides is 2. The van der Waals surface area contributed by atoms with Crippen LogP contribution in [-0.4, -0.2) is 33.1 Å². The third-order valence-corrected chi connectivity index (χ3v) is 5.19. The molecular weight excluding hydrogens is 396 g/mol. The molecule has 7 heteroatoms. The average Bonchev–Trinajstić information content (AvgIpc) is 3.15. The van der Waals surface area contributed by atoms with Gasteiger partial charge >= 0.3 is 0 Å². The van der Waals surface area contributed by atoms with Crippen LogP contribution in [0.5, 0.6) is 17.2 Å². The van der Waals surface area contributed by atoms with E-state index >= 15 is 0 Å². The maximum absolute atomic E-state index is 12.8. The average molecular weight is 418 g/mol. The molecule has 4 rings (SSSR count). The summed E-state index contributed by atoms with van der Waals surface area (Å²) in [5.41, 5.74) is 3.47. The zero-order valence-corrected chi connectivity index (χ0v) is 17.5. The van der Waals surface area contributed by atoms with E-state index in [1.54, 1.807) is 29.2 Å². The van der Waals surface area contributed by atoms with Crippen molar-refractivity contribution in [1.29, 1.82) is 0 Å². The van der Waals surface area contributed by atoms with E-state index in [9.17, 15) is 9.59 Å². The smallest absolute Gasteiger partial charge is 0.258 e. The molecule has 1 aliphatic rings. The molecule has 0 spiro atoms. The maximum Gasteiger partial charge on any atom is 0.258 e. The van der Waals surface area contributed by atoms with Gasteiger partial charge in [0.15, 0.2) is 11.5 Å². The summed E-state index contributed by atoms with van der Waals surface area (Å²) in [4.78, 5) is 27.1. The number of rotatable bonds is 6. The molecule has 3 aromatic rings.